The van der Waals surface area contributed by atoms with Gasteiger partial charge in [-0.2, -0.15) is 0 Å². The molecule has 2 aromatic heterocycles. The fourth-order valence-corrected chi connectivity index (χ4v) is 3.30. The zero-order chi connectivity index (χ0) is 13.2. The fourth-order valence-electron chi connectivity index (χ4n) is 2.07. The molecule has 2 heterocycles. The first kappa shape index (κ1) is 13.0. The Morgan fingerprint density at radius 1 is 1.11 bits per heavy atom. The second-order valence-electron chi connectivity index (χ2n) is 4.31. The van der Waals surface area contributed by atoms with Crippen LogP contribution in [0.4, 0.5) is 0 Å². The van der Waals surface area contributed by atoms with Crippen molar-refractivity contribution < 1.29 is 0 Å². The largest absolute Gasteiger partial charge is 0.361 e. The summed E-state index contributed by atoms with van der Waals surface area (Å²) in [6.07, 6.45) is 2.02. The molecule has 3 rings (SSSR count). The van der Waals surface area contributed by atoms with Gasteiger partial charge in [-0.25, -0.2) is 0 Å². The van der Waals surface area contributed by atoms with Crippen LogP contribution in [0.25, 0.3) is 10.9 Å². The van der Waals surface area contributed by atoms with Gasteiger partial charge in [-0.05, 0) is 29.8 Å². The van der Waals surface area contributed by atoms with E-state index in [0.29, 0.717) is 0 Å². The van der Waals surface area contributed by atoms with Gasteiger partial charge in [0.25, 0.3) is 0 Å². The highest BCUT2D eigenvalue weighted by molar-refractivity contribution is 7.16. The normalized spacial score (nSPS) is 11.3. The standard InChI is InChI=1S/C14H12Cl2N2S/c15-10-1-3-12-9(7-18-13(12)5-10)6-17-8-11-2-4-14(16)19-11/h1-5,7,17-18H,6,8H2. The number of hydrogen-bond acceptors (Lipinski definition) is 2. The Morgan fingerprint density at radius 3 is 2.79 bits per heavy atom. The Labute approximate surface area is 125 Å². The van der Waals surface area contributed by atoms with Crippen molar-refractivity contribution >= 4 is 45.4 Å². The monoisotopic (exact) mass is 310 g/mol. The lowest BCUT2D eigenvalue weighted by Crippen LogP contribution is -2.11. The quantitative estimate of drug-likeness (QED) is 0.710. The van der Waals surface area contributed by atoms with Crippen molar-refractivity contribution in [2.24, 2.45) is 0 Å². The summed E-state index contributed by atoms with van der Waals surface area (Å²) in [4.78, 5) is 4.48. The van der Waals surface area contributed by atoms with Crippen LogP contribution in [0.2, 0.25) is 9.36 Å². The lowest BCUT2D eigenvalue weighted by molar-refractivity contribution is 0.704. The zero-order valence-corrected chi connectivity index (χ0v) is 12.4. The first-order valence-corrected chi connectivity index (χ1v) is 7.50. The van der Waals surface area contributed by atoms with Crippen LogP contribution in [0.15, 0.2) is 36.5 Å². The average molecular weight is 311 g/mol. The van der Waals surface area contributed by atoms with Gasteiger partial charge in [0.15, 0.2) is 0 Å². The maximum Gasteiger partial charge on any atom is 0.0931 e. The van der Waals surface area contributed by atoms with E-state index >= 15 is 0 Å². The van der Waals surface area contributed by atoms with Crippen molar-refractivity contribution in [1.82, 2.24) is 10.3 Å². The van der Waals surface area contributed by atoms with Crippen molar-refractivity contribution in [2.75, 3.05) is 0 Å². The topological polar surface area (TPSA) is 27.8 Å². The van der Waals surface area contributed by atoms with Gasteiger partial charge in [-0.1, -0.05) is 29.3 Å². The Morgan fingerprint density at radius 2 is 2.00 bits per heavy atom. The van der Waals surface area contributed by atoms with Crippen LogP contribution in [0.5, 0.6) is 0 Å². The predicted molar refractivity (Wildman–Crippen MR) is 83.2 cm³/mol. The Kier molecular flexibility index (Phi) is 3.80. The van der Waals surface area contributed by atoms with Gasteiger partial charge in [0, 0.05) is 40.1 Å². The van der Waals surface area contributed by atoms with E-state index in [1.807, 2.05) is 30.5 Å². The summed E-state index contributed by atoms with van der Waals surface area (Å²) in [5, 5.41) is 5.38. The van der Waals surface area contributed by atoms with E-state index in [1.54, 1.807) is 11.3 Å². The van der Waals surface area contributed by atoms with E-state index in [2.05, 4.69) is 16.4 Å². The fraction of sp³-hybridized carbons (Fsp3) is 0.143. The number of fused-ring (bicyclic) bond motifs is 1. The van der Waals surface area contributed by atoms with Crippen LogP contribution in [-0.4, -0.2) is 4.98 Å². The summed E-state index contributed by atoms with van der Waals surface area (Å²) in [6, 6.07) is 9.89. The zero-order valence-electron chi connectivity index (χ0n) is 10.0. The van der Waals surface area contributed by atoms with E-state index in [4.69, 9.17) is 23.2 Å². The van der Waals surface area contributed by atoms with E-state index in [1.165, 1.54) is 15.8 Å². The van der Waals surface area contributed by atoms with Crippen LogP contribution < -0.4 is 5.32 Å². The van der Waals surface area contributed by atoms with Crippen molar-refractivity contribution in [2.45, 2.75) is 13.1 Å². The number of nitrogens with one attached hydrogen (secondary N) is 2. The molecule has 0 aliphatic carbocycles. The predicted octanol–water partition coefficient (Wildman–Crippen LogP) is 4.83. The summed E-state index contributed by atoms with van der Waals surface area (Å²) in [7, 11) is 0. The van der Waals surface area contributed by atoms with Crippen molar-refractivity contribution in [3.8, 4) is 0 Å². The van der Waals surface area contributed by atoms with Gasteiger partial charge in [-0.3, -0.25) is 0 Å². The highest BCUT2D eigenvalue weighted by Crippen LogP contribution is 2.23. The average Bonchev–Trinajstić information content (AvgIpc) is 2.96. The molecule has 98 valence electrons. The molecule has 2 N–H and O–H groups in total. The van der Waals surface area contributed by atoms with Crippen LogP contribution in [0, 0.1) is 0 Å². The minimum Gasteiger partial charge on any atom is -0.361 e. The summed E-state index contributed by atoms with van der Waals surface area (Å²) in [5.41, 5.74) is 2.32. The molecule has 0 spiro atoms. The van der Waals surface area contributed by atoms with E-state index in [0.717, 1.165) is 28.0 Å². The number of benzene rings is 1. The van der Waals surface area contributed by atoms with Crippen molar-refractivity contribution in [1.29, 1.82) is 0 Å². The molecule has 0 saturated heterocycles. The minimum absolute atomic E-state index is 0.752. The van der Waals surface area contributed by atoms with Gasteiger partial charge >= 0.3 is 0 Å². The first-order chi connectivity index (χ1) is 9.22. The summed E-state index contributed by atoms with van der Waals surface area (Å²) >= 11 is 13.5. The second kappa shape index (κ2) is 5.55. The molecule has 0 radical (unpaired) electrons. The maximum absolute atomic E-state index is 5.97. The molecule has 0 fully saturated rings. The van der Waals surface area contributed by atoms with Gasteiger partial charge in [0.05, 0.1) is 4.34 Å². The number of hydrogen-bond donors (Lipinski definition) is 2. The molecule has 0 saturated carbocycles. The molecule has 0 aliphatic rings. The van der Waals surface area contributed by atoms with Gasteiger partial charge in [0.2, 0.25) is 0 Å². The summed E-state index contributed by atoms with van der Waals surface area (Å²) in [6.45, 7) is 1.65. The highest BCUT2D eigenvalue weighted by Gasteiger charge is 2.04. The Balaban J connectivity index is 1.68. The number of halogens is 2. The van der Waals surface area contributed by atoms with Gasteiger partial charge in [0.1, 0.15) is 0 Å². The molecule has 5 heteroatoms. The molecule has 1 aromatic carbocycles. The lowest BCUT2D eigenvalue weighted by Gasteiger charge is -2.02. The molecular weight excluding hydrogens is 299 g/mol. The number of rotatable bonds is 4. The third-order valence-corrected chi connectivity index (χ3v) is 4.44. The summed E-state index contributed by atoms with van der Waals surface area (Å²) < 4.78 is 0.832. The number of aromatic amines is 1. The molecule has 0 atom stereocenters. The van der Waals surface area contributed by atoms with Crippen LogP contribution in [0.1, 0.15) is 10.4 Å². The minimum atomic E-state index is 0.752. The molecule has 0 unspecified atom stereocenters. The van der Waals surface area contributed by atoms with E-state index in [-0.39, 0.29) is 0 Å². The Bertz CT molecular complexity index is 702. The molecule has 3 aromatic rings. The molecule has 2 nitrogen and oxygen atoms in total. The van der Waals surface area contributed by atoms with Crippen LogP contribution in [0.3, 0.4) is 0 Å². The van der Waals surface area contributed by atoms with Gasteiger partial charge < -0.3 is 10.3 Å². The smallest absolute Gasteiger partial charge is 0.0931 e. The van der Waals surface area contributed by atoms with Crippen LogP contribution >= 0.6 is 34.5 Å². The maximum atomic E-state index is 5.97. The lowest BCUT2D eigenvalue weighted by atomic mass is 10.2. The van der Waals surface area contributed by atoms with E-state index in [9.17, 15) is 0 Å². The van der Waals surface area contributed by atoms with Crippen molar-refractivity contribution in [3.05, 3.63) is 56.3 Å². The molecular formula is C14H12Cl2N2S. The SMILES string of the molecule is Clc1ccc2c(CNCc3ccc(Cl)s3)c[nH]c2c1. The summed E-state index contributed by atoms with van der Waals surface area (Å²) in [5.74, 6) is 0. The van der Waals surface area contributed by atoms with Crippen LogP contribution in [-0.2, 0) is 13.1 Å². The van der Waals surface area contributed by atoms with Gasteiger partial charge in [-0.15, -0.1) is 11.3 Å². The molecule has 0 aliphatic heterocycles. The highest BCUT2D eigenvalue weighted by atomic mass is 35.5. The Hall–Kier alpha value is -1.00. The number of aromatic nitrogens is 1. The number of H-pyrrole nitrogens is 1. The molecule has 19 heavy (non-hydrogen) atoms. The molecule has 0 bridgehead atoms. The third-order valence-electron chi connectivity index (χ3n) is 2.97. The number of thiophene rings is 1. The second-order valence-corrected chi connectivity index (χ2v) is 6.55. The third kappa shape index (κ3) is 2.95. The van der Waals surface area contributed by atoms with E-state index < -0.39 is 0 Å². The van der Waals surface area contributed by atoms with Crippen molar-refractivity contribution in [3.63, 3.8) is 0 Å². The first-order valence-electron chi connectivity index (χ1n) is 5.93. The molecule has 0 amide bonds.